The van der Waals surface area contributed by atoms with E-state index in [0.29, 0.717) is 5.75 Å². The molecule has 1 nitrogen and oxygen atoms in total. The molecular formula is C17H17F4NS2. The van der Waals surface area contributed by atoms with Gasteiger partial charge in [-0.05, 0) is 43.6 Å². The average molecular weight is 375 g/mol. The minimum Gasteiger partial charge on any atom is -0.252 e. The van der Waals surface area contributed by atoms with Crippen LogP contribution < -0.4 is 0 Å². The van der Waals surface area contributed by atoms with Gasteiger partial charge in [0.15, 0.2) is 23.3 Å². The Kier molecular flexibility index (Phi) is 6.60. The lowest BCUT2D eigenvalue weighted by Gasteiger charge is -2.15. The van der Waals surface area contributed by atoms with Crippen molar-refractivity contribution in [1.29, 1.82) is 0 Å². The van der Waals surface area contributed by atoms with Crippen LogP contribution in [0.15, 0.2) is 34.1 Å². The molecule has 2 aromatic carbocycles. The molecule has 130 valence electrons. The van der Waals surface area contributed by atoms with Crippen LogP contribution in [0.5, 0.6) is 0 Å². The molecule has 0 aliphatic carbocycles. The Morgan fingerprint density at radius 1 is 0.792 bits per heavy atom. The van der Waals surface area contributed by atoms with Crippen molar-refractivity contribution in [2.24, 2.45) is 0 Å². The number of aryl methyl sites for hydroxylation is 1. The molecule has 0 amide bonds. The molecule has 0 aliphatic rings. The zero-order valence-electron chi connectivity index (χ0n) is 13.5. The second-order valence-corrected chi connectivity index (χ2v) is 7.58. The fourth-order valence-electron chi connectivity index (χ4n) is 2.01. The second-order valence-electron chi connectivity index (χ2n) is 5.28. The molecule has 0 saturated heterocycles. The van der Waals surface area contributed by atoms with Gasteiger partial charge in [-0.1, -0.05) is 31.2 Å². The van der Waals surface area contributed by atoms with Crippen LogP contribution in [0.1, 0.15) is 18.1 Å². The maximum atomic E-state index is 14.1. The van der Waals surface area contributed by atoms with Crippen LogP contribution in [-0.2, 0) is 12.2 Å². The molecule has 0 fully saturated rings. The third kappa shape index (κ3) is 4.26. The molecule has 0 atom stereocenters. The number of rotatable bonds is 6. The molecule has 0 bridgehead atoms. The zero-order chi connectivity index (χ0) is 17.9. The first-order chi connectivity index (χ1) is 11.3. The standard InChI is InChI=1S/C17H17F4NS2/c1-4-10-5-7-11(8-6-10)9-23-16-14(20)12(18)13(19)15(21)17(16)24-22(2)3/h5-8H,4,9H2,1-3H3. The molecule has 0 heterocycles. The molecule has 7 heteroatoms. The zero-order valence-corrected chi connectivity index (χ0v) is 15.1. The van der Waals surface area contributed by atoms with Crippen molar-refractivity contribution in [3.05, 3.63) is 58.7 Å². The summed E-state index contributed by atoms with van der Waals surface area (Å²) in [6.07, 6.45) is 0.903. The minimum absolute atomic E-state index is 0.218. The Morgan fingerprint density at radius 2 is 1.29 bits per heavy atom. The first-order valence-electron chi connectivity index (χ1n) is 7.27. The highest BCUT2D eigenvalue weighted by Crippen LogP contribution is 2.39. The lowest BCUT2D eigenvalue weighted by atomic mass is 10.1. The van der Waals surface area contributed by atoms with E-state index in [1.54, 1.807) is 14.1 Å². The highest BCUT2D eigenvalue weighted by atomic mass is 32.2. The highest BCUT2D eigenvalue weighted by molar-refractivity contribution is 8.00. The smallest absolute Gasteiger partial charge is 0.198 e. The molecule has 24 heavy (non-hydrogen) atoms. The van der Waals surface area contributed by atoms with Gasteiger partial charge in [-0.25, -0.2) is 17.6 Å². The van der Waals surface area contributed by atoms with Crippen molar-refractivity contribution >= 4 is 23.7 Å². The normalized spacial score (nSPS) is 11.3. The van der Waals surface area contributed by atoms with Crippen LogP contribution in [0, 0.1) is 23.3 Å². The number of halogens is 4. The van der Waals surface area contributed by atoms with Gasteiger partial charge in [0.2, 0.25) is 0 Å². The van der Waals surface area contributed by atoms with Crippen molar-refractivity contribution in [2.75, 3.05) is 14.1 Å². The predicted molar refractivity (Wildman–Crippen MR) is 91.2 cm³/mol. The van der Waals surface area contributed by atoms with Crippen LogP contribution in [0.2, 0.25) is 0 Å². The summed E-state index contributed by atoms with van der Waals surface area (Å²) >= 11 is 1.77. The van der Waals surface area contributed by atoms with E-state index < -0.39 is 23.3 Å². The van der Waals surface area contributed by atoms with E-state index in [9.17, 15) is 17.6 Å². The van der Waals surface area contributed by atoms with E-state index in [2.05, 4.69) is 0 Å². The number of nitrogens with zero attached hydrogens (tertiary/aromatic N) is 1. The molecule has 2 rings (SSSR count). The quantitative estimate of drug-likeness (QED) is 0.211. The van der Waals surface area contributed by atoms with Crippen LogP contribution in [0.3, 0.4) is 0 Å². The topological polar surface area (TPSA) is 3.24 Å². The first kappa shape index (κ1) is 19.1. The molecule has 0 saturated carbocycles. The third-order valence-corrected chi connectivity index (χ3v) is 5.48. The van der Waals surface area contributed by atoms with E-state index in [-0.39, 0.29) is 9.79 Å². The number of benzene rings is 2. The van der Waals surface area contributed by atoms with Crippen LogP contribution in [-0.4, -0.2) is 18.4 Å². The van der Waals surface area contributed by atoms with Crippen LogP contribution in [0.25, 0.3) is 0 Å². The molecule has 0 aromatic heterocycles. The predicted octanol–water partition coefficient (Wildman–Crippen LogP) is 5.67. The fourth-order valence-corrected chi connectivity index (χ4v) is 3.95. The Balaban J connectivity index is 2.33. The van der Waals surface area contributed by atoms with Crippen LogP contribution >= 0.6 is 23.7 Å². The molecule has 0 aliphatic heterocycles. The summed E-state index contributed by atoms with van der Waals surface area (Å²) in [5, 5.41) is 0. The van der Waals surface area contributed by atoms with Crippen molar-refractivity contribution in [2.45, 2.75) is 28.9 Å². The highest BCUT2D eigenvalue weighted by Gasteiger charge is 2.26. The van der Waals surface area contributed by atoms with Crippen molar-refractivity contribution in [1.82, 2.24) is 4.31 Å². The molecule has 0 N–H and O–H groups in total. The summed E-state index contributed by atoms with van der Waals surface area (Å²) in [7, 11) is 3.22. The second kappa shape index (κ2) is 8.27. The summed E-state index contributed by atoms with van der Waals surface area (Å²) < 4.78 is 56.7. The van der Waals surface area contributed by atoms with Gasteiger partial charge in [0.05, 0.1) is 9.79 Å². The minimum atomic E-state index is -1.78. The number of hydrogen-bond acceptors (Lipinski definition) is 3. The van der Waals surface area contributed by atoms with E-state index in [0.717, 1.165) is 41.3 Å². The van der Waals surface area contributed by atoms with E-state index >= 15 is 0 Å². The van der Waals surface area contributed by atoms with E-state index in [1.165, 1.54) is 4.31 Å². The van der Waals surface area contributed by atoms with Gasteiger partial charge in [0, 0.05) is 5.75 Å². The Bertz CT molecular complexity index is 718. The fraction of sp³-hybridized carbons (Fsp3) is 0.294. The van der Waals surface area contributed by atoms with E-state index in [1.807, 2.05) is 31.2 Å². The lowest BCUT2D eigenvalue weighted by molar-refractivity contribution is 0.384. The Labute approximate surface area is 147 Å². The maximum absolute atomic E-state index is 14.1. The number of thioether (sulfide) groups is 1. The SMILES string of the molecule is CCc1ccc(CSc2c(F)c(F)c(F)c(F)c2SN(C)C)cc1. The van der Waals surface area contributed by atoms with Gasteiger partial charge in [-0.2, -0.15) is 0 Å². The number of hydrogen-bond donors (Lipinski definition) is 0. The van der Waals surface area contributed by atoms with Gasteiger partial charge in [-0.15, -0.1) is 11.8 Å². The molecule has 0 spiro atoms. The molecule has 0 unspecified atom stereocenters. The van der Waals surface area contributed by atoms with Crippen molar-refractivity contribution in [3.8, 4) is 0 Å². The third-order valence-electron chi connectivity index (χ3n) is 3.27. The van der Waals surface area contributed by atoms with Gasteiger partial charge in [-0.3, -0.25) is 4.31 Å². The molecule has 0 radical (unpaired) electrons. The van der Waals surface area contributed by atoms with E-state index in [4.69, 9.17) is 0 Å². The largest absolute Gasteiger partial charge is 0.252 e. The summed E-state index contributed by atoms with van der Waals surface area (Å²) in [6.45, 7) is 2.04. The van der Waals surface area contributed by atoms with Crippen molar-refractivity contribution in [3.63, 3.8) is 0 Å². The monoisotopic (exact) mass is 375 g/mol. The van der Waals surface area contributed by atoms with Gasteiger partial charge in [0.25, 0.3) is 0 Å². The van der Waals surface area contributed by atoms with Crippen LogP contribution in [0.4, 0.5) is 17.6 Å². The van der Waals surface area contributed by atoms with Gasteiger partial charge in [0.1, 0.15) is 0 Å². The van der Waals surface area contributed by atoms with Gasteiger partial charge < -0.3 is 0 Å². The Hall–Kier alpha value is -1.18. The molecular weight excluding hydrogens is 358 g/mol. The molecule has 2 aromatic rings. The summed E-state index contributed by atoms with van der Waals surface area (Å²) in [5.74, 6) is -5.95. The lowest BCUT2D eigenvalue weighted by Crippen LogP contribution is -2.06. The Morgan fingerprint density at radius 3 is 1.79 bits per heavy atom. The summed E-state index contributed by atoms with van der Waals surface area (Å²) in [6, 6.07) is 7.68. The maximum Gasteiger partial charge on any atom is 0.198 e. The first-order valence-corrected chi connectivity index (χ1v) is 9.02. The summed E-state index contributed by atoms with van der Waals surface area (Å²) in [4.78, 5) is -0.462. The van der Waals surface area contributed by atoms with Crippen molar-refractivity contribution < 1.29 is 17.6 Å². The van der Waals surface area contributed by atoms with Gasteiger partial charge >= 0.3 is 0 Å². The summed E-state index contributed by atoms with van der Waals surface area (Å²) in [5.41, 5.74) is 2.06. The average Bonchev–Trinajstić information content (AvgIpc) is 2.57.